The summed E-state index contributed by atoms with van der Waals surface area (Å²) in [5.74, 6) is -0.157. The van der Waals surface area contributed by atoms with Crippen LogP contribution >= 0.6 is 23.2 Å². The van der Waals surface area contributed by atoms with E-state index < -0.39 is 10.0 Å². The molecule has 0 radical (unpaired) electrons. The Kier molecular flexibility index (Phi) is 6.47. The number of anilines is 2. The van der Waals surface area contributed by atoms with Crippen molar-refractivity contribution in [1.82, 2.24) is 4.90 Å². The molecule has 0 aromatic heterocycles. The summed E-state index contributed by atoms with van der Waals surface area (Å²) in [4.78, 5) is 16.6. The Labute approximate surface area is 174 Å². The van der Waals surface area contributed by atoms with Crippen LogP contribution in [0.5, 0.6) is 0 Å². The molecule has 0 spiro atoms. The number of amides is 1. The first-order valence-corrected chi connectivity index (χ1v) is 10.9. The van der Waals surface area contributed by atoms with Gasteiger partial charge >= 0.3 is 0 Å². The van der Waals surface area contributed by atoms with Crippen molar-refractivity contribution in [2.45, 2.75) is 4.90 Å². The fraction of sp³-hybridized carbons (Fsp3) is 0.278. The Morgan fingerprint density at radius 1 is 1.04 bits per heavy atom. The summed E-state index contributed by atoms with van der Waals surface area (Å²) in [6, 6.07) is 11.4. The van der Waals surface area contributed by atoms with Crippen LogP contribution in [-0.4, -0.2) is 51.9 Å². The molecule has 150 valence electrons. The molecule has 1 amide bonds. The van der Waals surface area contributed by atoms with Crippen molar-refractivity contribution in [2.24, 2.45) is 5.14 Å². The molecule has 0 unspecified atom stereocenters. The minimum Gasteiger partial charge on any atom is -0.369 e. The zero-order valence-corrected chi connectivity index (χ0v) is 17.3. The molecule has 0 atom stereocenters. The van der Waals surface area contributed by atoms with Gasteiger partial charge in [0.05, 0.1) is 22.2 Å². The summed E-state index contributed by atoms with van der Waals surface area (Å²) >= 11 is 12.0. The van der Waals surface area contributed by atoms with Gasteiger partial charge < -0.3 is 10.2 Å². The lowest BCUT2D eigenvalue weighted by atomic mass is 10.2. The van der Waals surface area contributed by atoms with E-state index in [-0.39, 0.29) is 17.3 Å². The maximum absolute atomic E-state index is 12.3. The highest BCUT2D eigenvalue weighted by molar-refractivity contribution is 7.89. The van der Waals surface area contributed by atoms with Crippen LogP contribution in [0, 0.1) is 0 Å². The third kappa shape index (κ3) is 5.36. The van der Waals surface area contributed by atoms with Crippen LogP contribution in [0.2, 0.25) is 10.0 Å². The van der Waals surface area contributed by atoms with Gasteiger partial charge in [-0.15, -0.1) is 0 Å². The largest absolute Gasteiger partial charge is 0.369 e. The lowest BCUT2D eigenvalue weighted by Crippen LogP contribution is -2.48. The number of rotatable bonds is 5. The van der Waals surface area contributed by atoms with Gasteiger partial charge in [0.15, 0.2) is 0 Å². The van der Waals surface area contributed by atoms with Gasteiger partial charge in [-0.3, -0.25) is 9.69 Å². The number of nitrogens with two attached hydrogens (primary N) is 1. The molecule has 3 rings (SSSR count). The number of hydrogen-bond donors (Lipinski definition) is 2. The Morgan fingerprint density at radius 3 is 2.29 bits per heavy atom. The summed E-state index contributed by atoms with van der Waals surface area (Å²) in [6.45, 7) is 3.10. The molecule has 0 aliphatic carbocycles. The molecule has 1 aliphatic heterocycles. The lowest BCUT2D eigenvalue weighted by molar-refractivity contribution is -0.117. The molecule has 1 fully saturated rings. The summed E-state index contributed by atoms with van der Waals surface area (Å²) < 4.78 is 22.7. The van der Waals surface area contributed by atoms with Gasteiger partial charge in [-0.25, -0.2) is 13.6 Å². The molecule has 2 aromatic rings. The van der Waals surface area contributed by atoms with Gasteiger partial charge in [-0.1, -0.05) is 23.2 Å². The number of benzene rings is 2. The summed E-state index contributed by atoms with van der Waals surface area (Å²) in [7, 11) is -3.69. The van der Waals surface area contributed by atoms with Crippen LogP contribution in [0.4, 0.5) is 11.4 Å². The van der Waals surface area contributed by atoms with Crippen LogP contribution in [0.3, 0.4) is 0 Å². The van der Waals surface area contributed by atoms with Crippen molar-refractivity contribution >= 4 is 50.5 Å². The number of carbonyl (C=O) groups excluding carboxylic acids is 1. The zero-order chi connectivity index (χ0) is 20.3. The van der Waals surface area contributed by atoms with E-state index in [4.69, 9.17) is 28.3 Å². The number of hydrogen-bond acceptors (Lipinski definition) is 5. The Bertz CT molecular complexity index is 959. The fourth-order valence-corrected chi connectivity index (χ4v) is 3.85. The molecule has 3 N–H and O–H groups in total. The number of nitrogens with one attached hydrogen (secondary N) is 1. The molecule has 10 heteroatoms. The lowest BCUT2D eigenvalue weighted by Gasteiger charge is -2.35. The Balaban J connectivity index is 1.52. The standard InChI is InChI=1S/C18H20Cl2N4O3S/c19-13-1-6-16(20)17(11-13)22-18(25)12-23-7-9-24(10-8-23)14-2-4-15(5-3-14)28(21,26)27/h1-6,11H,7-10,12H2,(H,22,25)(H2,21,26,27). The maximum Gasteiger partial charge on any atom is 0.238 e. The maximum atomic E-state index is 12.3. The average Bonchev–Trinajstić information content (AvgIpc) is 2.65. The molecular formula is C18H20Cl2N4O3S. The first-order valence-electron chi connectivity index (χ1n) is 8.57. The average molecular weight is 443 g/mol. The first kappa shape index (κ1) is 20.9. The third-order valence-electron chi connectivity index (χ3n) is 4.47. The van der Waals surface area contributed by atoms with Crippen LogP contribution < -0.4 is 15.4 Å². The predicted octanol–water partition coefficient (Wildman–Crippen LogP) is 2.40. The SMILES string of the molecule is NS(=O)(=O)c1ccc(N2CCN(CC(=O)Nc3cc(Cl)ccc3Cl)CC2)cc1. The molecule has 0 saturated carbocycles. The highest BCUT2D eigenvalue weighted by atomic mass is 35.5. The van der Waals surface area contributed by atoms with E-state index >= 15 is 0 Å². The van der Waals surface area contributed by atoms with Gasteiger partial charge in [0.2, 0.25) is 15.9 Å². The number of halogens is 2. The second kappa shape index (κ2) is 8.67. The molecule has 1 aliphatic rings. The van der Waals surface area contributed by atoms with Gasteiger partial charge in [0.25, 0.3) is 0 Å². The monoisotopic (exact) mass is 442 g/mol. The van der Waals surface area contributed by atoms with Gasteiger partial charge in [-0.2, -0.15) is 0 Å². The van der Waals surface area contributed by atoms with Crippen molar-refractivity contribution in [1.29, 1.82) is 0 Å². The Hall–Kier alpha value is -1.84. The van der Waals surface area contributed by atoms with E-state index in [1.165, 1.54) is 12.1 Å². The second-order valence-electron chi connectivity index (χ2n) is 6.47. The van der Waals surface area contributed by atoms with Crippen LogP contribution in [-0.2, 0) is 14.8 Å². The molecule has 0 bridgehead atoms. The molecule has 7 nitrogen and oxygen atoms in total. The molecule has 1 heterocycles. The second-order valence-corrected chi connectivity index (χ2v) is 8.88. The van der Waals surface area contributed by atoms with E-state index in [1.807, 2.05) is 4.90 Å². The number of primary sulfonamides is 1. The number of nitrogens with zero attached hydrogens (tertiary/aromatic N) is 2. The number of piperazine rings is 1. The van der Waals surface area contributed by atoms with Gasteiger partial charge in [0, 0.05) is 36.9 Å². The smallest absolute Gasteiger partial charge is 0.238 e. The Morgan fingerprint density at radius 2 is 1.68 bits per heavy atom. The highest BCUT2D eigenvalue weighted by Crippen LogP contribution is 2.25. The number of carbonyl (C=O) groups is 1. The minimum atomic E-state index is -3.69. The van der Waals surface area contributed by atoms with E-state index in [2.05, 4.69) is 10.2 Å². The molecule has 2 aromatic carbocycles. The topological polar surface area (TPSA) is 95.7 Å². The predicted molar refractivity (Wildman–Crippen MR) is 112 cm³/mol. The minimum absolute atomic E-state index is 0.0891. The normalized spacial score (nSPS) is 15.5. The molecular weight excluding hydrogens is 423 g/mol. The summed E-state index contributed by atoms with van der Waals surface area (Å²) in [5.41, 5.74) is 1.41. The van der Waals surface area contributed by atoms with Crippen LogP contribution in [0.15, 0.2) is 47.4 Å². The first-order chi connectivity index (χ1) is 13.2. The fourth-order valence-electron chi connectivity index (χ4n) is 3.00. The van der Waals surface area contributed by atoms with E-state index in [9.17, 15) is 13.2 Å². The molecule has 28 heavy (non-hydrogen) atoms. The van der Waals surface area contributed by atoms with E-state index in [0.717, 1.165) is 18.8 Å². The van der Waals surface area contributed by atoms with Crippen molar-refractivity contribution in [3.63, 3.8) is 0 Å². The van der Waals surface area contributed by atoms with Gasteiger partial charge in [0.1, 0.15) is 0 Å². The third-order valence-corrected chi connectivity index (χ3v) is 5.97. The summed E-state index contributed by atoms with van der Waals surface area (Å²) in [5, 5.41) is 8.84. The van der Waals surface area contributed by atoms with Crippen molar-refractivity contribution in [2.75, 3.05) is 42.9 Å². The highest BCUT2D eigenvalue weighted by Gasteiger charge is 2.20. The summed E-state index contributed by atoms with van der Waals surface area (Å²) in [6.07, 6.45) is 0. The quantitative estimate of drug-likeness (QED) is 0.740. The number of sulfonamides is 1. The van der Waals surface area contributed by atoms with Crippen molar-refractivity contribution < 1.29 is 13.2 Å². The van der Waals surface area contributed by atoms with Crippen molar-refractivity contribution in [3.8, 4) is 0 Å². The zero-order valence-electron chi connectivity index (χ0n) is 14.9. The van der Waals surface area contributed by atoms with Crippen molar-refractivity contribution in [3.05, 3.63) is 52.5 Å². The van der Waals surface area contributed by atoms with Gasteiger partial charge in [-0.05, 0) is 42.5 Å². The van der Waals surface area contributed by atoms with Crippen LogP contribution in [0.1, 0.15) is 0 Å². The van der Waals surface area contributed by atoms with E-state index in [0.29, 0.717) is 28.8 Å². The van der Waals surface area contributed by atoms with Crippen LogP contribution in [0.25, 0.3) is 0 Å². The van der Waals surface area contributed by atoms with E-state index in [1.54, 1.807) is 30.3 Å². The molecule has 1 saturated heterocycles.